The third kappa shape index (κ3) is 3.12. The predicted molar refractivity (Wildman–Crippen MR) is 75.1 cm³/mol. The van der Waals surface area contributed by atoms with Gasteiger partial charge in [-0.05, 0) is 36.6 Å². The molecule has 1 aromatic heterocycles. The molecule has 1 aromatic rings. The molecular weight excluding hydrogens is 226 g/mol. The lowest BCUT2D eigenvalue weighted by Crippen LogP contribution is -2.34. The minimum absolute atomic E-state index is 0.211. The molecule has 1 fully saturated rings. The molecule has 1 nitrogen and oxygen atoms in total. The van der Waals surface area contributed by atoms with E-state index >= 15 is 0 Å². The van der Waals surface area contributed by atoms with Crippen LogP contribution in [0.15, 0.2) is 17.5 Å². The summed E-state index contributed by atoms with van der Waals surface area (Å²) < 4.78 is 0. The topological polar surface area (TPSA) is 12.0 Å². The van der Waals surface area contributed by atoms with Gasteiger partial charge in [-0.25, -0.2) is 0 Å². The third-order valence-corrected chi connectivity index (χ3v) is 4.67. The summed E-state index contributed by atoms with van der Waals surface area (Å²) in [5, 5.41) is 5.83. The Hall–Kier alpha value is -0.780. The number of thiophene rings is 1. The Morgan fingerprint density at radius 2 is 2.29 bits per heavy atom. The molecule has 0 aromatic carbocycles. The summed E-state index contributed by atoms with van der Waals surface area (Å²) in [6.45, 7) is 2.15. The summed E-state index contributed by atoms with van der Waals surface area (Å²) in [6, 6.07) is 5.06. The first kappa shape index (κ1) is 12.7. The first-order valence-electron chi connectivity index (χ1n) is 6.60. The second-order valence-corrected chi connectivity index (χ2v) is 5.81. The smallest absolute Gasteiger partial charge is 0.0689 e. The van der Waals surface area contributed by atoms with E-state index in [1.807, 2.05) is 11.3 Å². The number of rotatable bonds is 5. The Labute approximate surface area is 109 Å². The van der Waals surface area contributed by atoms with Gasteiger partial charge in [-0.15, -0.1) is 17.8 Å². The van der Waals surface area contributed by atoms with E-state index in [-0.39, 0.29) is 6.04 Å². The van der Waals surface area contributed by atoms with Crippen LogP contribution in [-0.4, -0.2) is 6.04 Å². The minimum atomic E-state index is 0.211. The van der Waals surface area contributed by atoms with Crippen molar-refractivity contribution in [1.29, 1.82) is 0 Å². The van der Waals surface area contributed by atoms with Crippen molar-refractivity contribution in [1.82, 2.24) is 5.32 Å². The van der Waals surface area contributed by atoms with Crippen molar-refractivity contribution in [2.75, 3.05) is 0 Å². The maximum atomic E-state index is 5.57. The zero-order chi connectivity index (χ0) is 12.1. The number of hydrogen-bond donors (Lipinski definition) is 1. The maximum absolute atomic E-state index is 5.57. The van der Waals surface area contributed by atoms with Crippen LogP contribution < -0.4 is 5.32 Å². The number of nitrogens with one attached hydrogen (secondary N) is 1. The summed E-state index contributed by atoms with van der Waals surface area (Å²) in [5.41, 5.74) is 0. The zero-order valence-electron chi connectivity index (χ0n) is 10.5. The molecule has 1 N–H and O–H groups in total. The Kier molecular flexibility index (Phi) is 4.65. The van der Waals surface area contributed by atoms with E-state index in [0.29, 0.717) is 6.04 Å². The van der Waals surface area contributed by atoms with Crippen LogP contribution >= 0.6 is 11.3 Å². The monoisotopic (exact) mass is 247 g/mol. The van der Waals surface area contributed by atoms with E-state index in [0.717, 1.165) is 12.3 Å². The number of terminal acetylenes is 1. The quantitative estimate of drug-likeness (QED) is 0.776. The van der Waals surface area contributed by atoms with Gasteiger partial charge in [0.1, 0.15) is 0 Å². The molecule has 0 amide bonds. The average molecular weight is 247 g/mol. The summed E-state index contributed by atoms with van der Waals surface area (Å²) in [6.07, 6.45) is 12.0. The SMILES string of the molecule is C#CC(CC)NC(c1cccs1)C1CCCC1. The molecule has 2 rings (SSSR count). The van der Waals surface area contributed by atoms with Gasteiger partial charge in [0.15, 0.2) is 0 Å². The highest BCUT2D eigenvalue weighted by Crippen LogP contribution is 2.37. The van der Waals surface area contributed by atoms with Gasteiger partial charge in [0.2, 0.25) is 0 Å². The van der Waals surface area contributed by atoms with E-state index in [9.17, 15) is 0 Å². The fourth-order valence-corrected chi connectivity index (χ4v) is 3.59. The third-order valence-electron chi connectivity index (χ3n) is 3.71. The molecule has 1 saturated carbocycles. The predicted octanol–water partition coefficient (Wildman–Crippen LogP) is 3.98. The van der Waals surface area contributed by atoms with Crippen LogP contribution in [0.2, 0.25) is 0 Å². The summed E-state index contributed by atoms with van der Waals surface area (Å²) >= 11 is 1.85. The Balaban J connectivity index is 2.10. The molecule has 0 saturated heterocycles. The molecule has 0 radical (unpaired) electrons. The largest absolute Gasteiger partial charge is 0.296 e. The van der Waals surface area contributed by atoms with E-state index in [4.69, 9.17) is 6.42 Å². The van der Waals surface area contributed by atoms with Crippen molar-refractivity contribution in [3.8, 4) is 12.3 Å². The molecule has 0 aliphatic heterocycles. The zero-order valence-corrected chi connectivity index (χ0v) is 11.3. The maximum Gasteiger partial charge on any atom is 0.0689 e. The molecule has 17 heavy (non-hydrogen) atoms. The second kappa shape index (κ2) is 6.23. The van der Waals surface area contributed by atoms with E-state index in [2.05, 4.69) is 35.7 Å². The van der Waals surface area contributed by atoms with Crippen molar-refractivity contribution in [2.24, 2.45) is 5.92 Å². The van der Waals surface area contributed by atoms with E-state index in [1.165, 1.54) is 30.6 Å². The van der Waals surface area contributed by atoms with Crippen LogP contribution in [0.4, 0.5) is 0 Å². The molecule has 1 aliphatic carbocycles. The van der Waals surface area contributed by atoms with Crippen molar-refractivity contribution in [3.05, 3.63) is 22.4 Å². The van der Waals surface area contributed by atoms with Crippen LogP contribution in [0, 0.1) is 18.3 Å². The van der Waals surface area contributed by atoms with Crippen molar-refractivity contribution in [3.63, 3.8) is 0 Å². The fourth-order valence-electron chi connectivity index (χ4n) is 2.71. The highest BCUT2D eigenvalue weighted by Gasteiger charge is 2.27. The van der Waals surface area contributed by atoms with E-state index in [1.54, 1.807) is 0 Å². The Morgan fingerprint density at radius 1 is 1.53 bits per heavy atom. The van der Waals surface area contributed by atoms with Crippen LogP contribution in [0.5, 0.6) is 0 Å². The molecule has 2 unspecified atom stereocenters. The highest BCUT2D eigenvalue weighted by atomic mass is 32.1. The molecule has 2 heteroatoms. The van der Waals surface area contributed by atoms with Gasteiger partial charge in [-0.2, -0.15) is 0 Å². The minimum Gasteiger partial charge on any atom is -0.296 e. The first-order valence-corrected chi connectivity index (χ1v) is 7.48. The van der Waals surface area contributed by atoms with Gasteiger partial charge in [-0.1, -0.05) is 31.8 Å². The molecule has 92 valence electrons. The van der Waals surface area contributed by atoms with Gasteiger partial charge in [0.25, 0.3) is 0 Å². The lowest BCUT2D eigenvalue weighted by Gasteiger charge is -2.26. The highest BCUT2D eigenvalue weighted by molar-refractivity contribution is 7.10. The summed E-state index contributed by atoms with van der Waals surface area (Å²) in [5.74, 6) is 3.64. The normalized spacial score (nSPS) is 20.0. The second-order valence-electron chi connectivity index (χ2n) is 4.83. The van der Waals surface area contributed by atoms with Gasteiger partial charge < -0.3 is 0 Å². The van der Waals surface area contributed by atoms with E-state index < -0.39 is 0 Å². The van der Waals surface area contributed by atoms with Crippen LogP contribution in [0.25, 0.3) is 0 Å². The van der Waals surface area contributed by atoms with Gasteiger partial charge >= 0.3 is 0 Å². The van der Waals surface area contributed by atoms with Crippen LogP contribution in [0.1, 0.15) is 49.9 Å². The Morgan fingerprint density at radius 3 is 2.82 bits per heavy atom. The molecular formula is C15H21NS. The van der Waals surface area contributed by atoms with Gasteiger partial charge in [0.05, 0.1) is 6.04 Å². The molecule has 1 heterocycles. The molecule has 0 spiro atoms. The molecule has 2 atom stereocenters. The van der Waals surface area contributed by atoms with Crippen LogP contribution in [-0.2, 0) is 0 Å². The molecule has 1 aliphatic rings. The first-order chi connectivity index (χ1) is 8.35. The average Bonchev–Trinajstić information content (AvgIpc) is 3.03. The lowest BCUT2D eigenvalue weighted by atomic mass is 9.95. The summed E-state index contributed by atoms with van der Waals surface area (Å²) in [4.78, 5) is 1.45. The Bertz CT molecular complexity index is 357. The van der Waals surface area contributed by atoms with Crippen molar-refractivity contribution in [2.45, 2.75) is 51.1 Å². The standard InChI is InChI=1S/C15H21NS/c1-3-13(4-2)16-15(12-8-5-6-9-12)14-10-7-11-17-14/h1,7,10-13,15-16H,4-6,8-9H2,2H3. The van der Waals surface area contributed by atoms with Crippen molar-refractivity contribution >= 4 is 11.3 Å². The fraction of sp³-hybridized carbons (Fsp3) is 0.600. The summed E-state index contributed by atoms with van der Waals surface area (Å²) in [7, 11) is 0. The number of hydrogen-bond acceptors (Lipinski definition) is 2. The van der Waals surface area contributed by atoms with Crippen molar-refractivity contribution < 1.29 is 0 Å². The molecule has 0 bridgehead atoms. The van der Waals surface area contributed by atoms with Gasteiger partial charge in [0, 0.05) is 10.9 Å². The lowest BCUT2D eigenvalue weighted by molar-refractivity contribution is 0.352. The van der Waals surface area contributed by atoms with Gasteiger partial charge in [-0.3, -0.25) is 5.32 Å². The van der Waals surface area contributed by atoms with Crippen LogP contribution in [0.3, 0.4) is 0 Å².